The Bertz CT molecular complexity index is 992. The molecule has 2 aromatic rings. The zero-order valence-corrected chi connectivity index (χ0v) is 18.5. The van der Waals surface area contributed by atoms with Gasteiger partial charge in [-0.2, -0.15) is 0 Å². The van der Waals surface area contributed by atoms with Crippen LogP contribution in [0.25, 0.3) is 5.76 Å². The highest BCUT2D eigenvalue weighted by molar-refractivity contribution is 6.46. The number of hydrogen-bond acceptors (Lipinski definition) is 5. The van der Waals surface area contributed by atoms with Crippen LogP contribution in [0.4, 0.5) is 0 Å². The molecule has 1 atom stereocenters. The number of benzene rings is 2. The van der Waals surface area contributed by atoms with Crippen molar-refractivity contribution >= 4 is 17.4 Å². The lowest BCUT2D eigenvalue weighted by molar-refractivity contribution is -0.140. The maximum absolute atomic E-state index is 13.0. The molecule has 0 aromatic heterocycles. The second-order valence-corrected chi connectivity index (χ2v) is 7.56. The first-order valence-corrected chi connectivity index (χ1v) is 10.7. The quantitative estimate of drug-likeness (QED) is 0.198. The number of hydrogen-bond donors (Lipinski definition) is 1. The Morgan fingerprint density at radius 3 is 2.41 bits per heavy atom. The Morgan fingerprint density at radius 1 is 1.12 bits per heavy atom. The molecule has 6 nitrogen and oxygen atoms in total. The first-order chi connectivity index (χ1) is 15.5. The van der Waals surface area contributed by atoms with Crippen molar-refractivity contribution in [1.82, 2.24) is 4.90 Å². The number of likely N-dealkylation sites (tertiary alicyclic amines) is 1. The molecule has 1 amide bonds. The van der Waals surface area contributed by atoms with Gasteiger partial charge in [-0.1, -0.05) is 43.8 Å². The summed E-state index contributed by atoms with van der Waals surface area (Å²) in [6.45, 7) is 6.87. The number of Topliss-reactive ketones (excluding diaryl/α,β-unsaturated/α-hetero) is 1. The number of carbonyl (C=O) groups is 2. The number of aryl methyl sites for hydroxylation is 1. The minimum absolute atomic E-state index is 0.0939. The lowest BCUT2D eigenvalue weighted by Gasteiger charge is -2.25. The molecule has 1 heterocycles. The highest BCUT2D eigenvalue weighted by atomic mass is 16.5. The van der Waals surface area contributed by atoms with E-state index in [9.17, 15) is 14.7 Å². The summed E-state index contributed by atoms with van der Waals surface area (Å²) < 4.78 is 10.6. The Hall–Kier alpha value is -3.38. The summed E-state index contributed by atoms with van der Waals surface area (Å²) in [5.41, 5.74) is 2.48. The number of nitrogens with zero attached hydrogens (tertiary/aromatic N) is 1. The minimum atomic E-state index is -0.684. The Kier molecular flexibility index (Phi) is 7.84. The summed E-state index contributed by atoms with van der Waals surface area (Å²) in [4.78, 5) is 27.4. The molecule has 168 valence electrons. The van der Waals surface area contributed by atoms with Gasteiger partial charge in [0, 0.05) is 25.8 Å². The Balaban J connectivity index is 2.03. The fourth-order valence-corrected chi connectivity index (χ4v) is 3.79. The topological polar surface area (TPSA) is 76.1 Å². The average Bonchev–Trinajstić information content (AvgIpc) is 3.08. The second-order valence-electron chi connectivity index (χ2n) is 7.56. The van der Waals surface area contributed by atoms with Crippen molar-refractivity contribution in [2.75, 3.05) is 26.9 Å². The van der Waals surface area contributed by atoms with Gasteiger partial charge in [-0.15, -0.1) is 0 Å². The van der Waals surface area contributed by atoms with E-state index in [-0.39, 0.29) is 11.3 Å². The number of ketones is 1. The van der Waals surface area contributed by atoms with Crippen molar-refractivity contribution in [3.05, 3.63) is 83.4 Å². The summed E-state index contributed by atoms with van der Waals surface area (Å²) in [6.07, 6.45) is 3.11. The van der Waals surface area contributed by atoms with Crippen LogP contribution in [0.2, 0.25) is 0 Å². The molecule has 0 aliphatic carbocycles. The van der Waals surface area contributed by atoms with Crippen LogP contribution in [0.5, 0.6) is 5.75 Å². The normalized spacial score (nSPS) is 17.6. The van der Waals surface area contributed by atoms with Crippen LogP contribution in [0.3, 0.4) is 0 Å². The van der Waals surface area contributed by atoms with E-state index in [1.807, 2.05) is 24.3 Å². The van der Waals surface area contributed by atoms with Crippen LogP contribution in [0.15, 0.2) is 66.8 Å². The maximum Gasteiger partial charge on any atom is 0.295 e. The van der Waals surface area contributed by atoms with E-state index in [1.165, 1.54) is 4.90 Å². The number of amides is 1. The van der Waals surface area contributed by atoms with Crippen LogP contribution in [0, 0.1) is 0 Å². The summed E-state index contributed by atoms with van der Waals surface area (Å²) in [6, 6.07) is 13.9. The highest BCUT2D eigenvalue weighted by Gasteiger charge is 2.45. The molecule has 1 N–H and O–H groups in total. The van der Waals surface area contributed by atoms with Gasteiger partial charge in [-0.25, -0.2) is 0 Å². The Labute approximate surface area is 188 Å². The van der Waals surface area contributed by atoms with E-state index in [0.717, 1.165) is 17.5 Å². The van der Waals surface area contributed by atoms with Crippen LogP contribution >= 0.6 is 0 Å². The van der Waals surface area contributed by atoms with Gasteiger partial charge in [0.2, 0.25) is 0 Å². The molecule has 0 radical (unpaired) electrons. The first kappa shape index (κ1) is 23.3. The average molecular weight is 436 g/mol. The molecular weight excluding hydrogens is 406 g/mol. The Morgan fingerprint density at radius 2 is 1.81 bits per heavy atom. The van der Waals surface area contributed by atoms with Crippen molar-refractivity contribution in [3.8, 4) is 5.75 Å². The van der Waals surface area contributed by atoms with Gasteiger partial charge < -0.3 is 19.5 Å². The third-order valence-electron chi connectivity index (χ3n) is 5.49. The second kappa shape index (κ2) is 10.8. The van der Waals surface area contributed by atoms with Crippen molar-refractivity contribution in [2.45, 2.75) is 25.8 Å². The van der Waals surface area contributed by atoms with Gasteiger partial charge in [0.25, 0.3) is 11.7 Å². The van der Waals surface area contributed by atoms with Gasteiger partial charge >= 0.3 is 0 Å². The van der Waals surface area contributed by atoms with Crippen molar-refractivity contribution < 1.29 is 24.2 Å². The largest absolute Gasteiger partial charge is 0.507 e. The monoisotopic (exact) mass is 435 g/mol. The van der Waals surface area contributed by atoms with E-state index < -0.39 is 17.7 Å². The van der Waals surface area contributed by atoms with Gasteiger partial charge in [-0.05, 0) is 48.2 Å². The van der Waals surface area contributed by atoms with Gasteiger partial charge in [0.1, 0.15) is 18.1 Å². The number of methoxy groups -OCH3 is 1. The molecule has 6 heteroatoms. The number of ether oxygens (including phenoxy) is 2. The molecule has 0 bridgehead atoms. The predicted molar refractivity (Wildman–Crippen MR) is 123 cm³/mol. The van der Waals surface area contributed by atoms with Gasteiger partial charge in [-0.3, -0.25) is 9.59 Å². The predicted octanol–water partition coefficient (Wildman–Crippen LogP) is 4.27. The molecular formula is C26H29NO5. The number of aliphatic hydroxyl groups is 1. The standard InChI is InChI=1S/C26H29NO5/c1-4-16-32-21-13-11-20(12-14-21)24(28)22-23(19-9-7-18(5-2)8-10-19)27(15-6-17-31-3)26(30)25(22)29/h4,7-14,23,28H,1,5-6,15-17H2,2-3H3. The van der Waals surface area contributed by atoms with Gasteiger partial charge in [0.15, 0.2) is 0 Å². The number of carbonyl (C=O) groups excluding carboxylic acids is 2. The summed E-state index contributed by atoms with van der Waals surface area (Å²) in [7, 11) is 1.59. The van der Waals surface area contributed by atoms with E-state index >= 15 is 0 Å². The summed E-state index contributed by atoms with van der Waals surface area (Å²) >= 11 is 0. The maximum atomic E-state index is 13.0. The summed E-state index contributed by atoms with van der Waals surface area (Å²) in [5, 5.41) is 11.1. The molecule has 1 fully saturated rings. The zero-order chi connectivity index (χ0) is 23.1. The third-order valence-corrected chi connectivity index (χ3v) is 5.49. The van der Waals surface area contributed by atoms with Crippen LogP contribution in [0.1, 0.15) is 36.1 Å². The van der Waals surface area contributed by atoms with Crippen LogP contribution in [-0.4, -0.2) is 48.6 Å². The number of rotatable bonds is 10. The molecule has 32 heavy (non-hydrogen) atoms. The fourth-order valence-electron chi connectivity index (χ4n) is 3.79. The number of aliphatic hydroxyl groups excluding tert-OH is 1. The van der Waals surface area contributed by atoms with Crippen LogP contribution < -0.4 is 4.74 Å². The molecule has 1 unspecified atom stereocenters. The van der Waals surface area contributed by atoms with E-state index in [2.05, 4.69) is 13.5 Å². The third kappa shape index (κ3) is 4.92. The van der Waals surface area contributed by atoms with Crippen molar-refractivity contribution in [1.29, 1.82) is 0 Å². The van der Waals surface area contributed by atoms with E-state index in [0.29, 0.717) is 37.5 Å². The molecule has 1 aliphatic rings. The molecule has 0 saturated carbocycles. The molecule has 3 rings (SSSR count). The summed E-state index contributed by atoms with van der Waals surface area (Å²) in [5.74, 6) is -0.875. The zero-order valence-electron chi connectivity index (χ0n) is 18.5. The minimum Gasteiger partial charge on any atom is -0.507 e. The lowest BCUT2D eigenvalue weighted by Crippen LogP contribution is -2.31. The first-order valence-electron chi connectivity index (χ1n) is 10.7. The SMILES string of the molecule is C=CCOc1ccc(C(O)=C2C(=O)C(=O)N(CCCOC)C2c2ccc(CC)cc2)cc1. The fraction of sp³-hybridized carbons (Fsp3) is 0.308. The highest BCUT2D eigenvalue weighted by Crippen LogP contribution is 2.39. The smallest absolute Gasteiger partial charge is 0.295 e. The van der Waals surface area contributed by atoms with E-state index in [4.69, 9.17) is 9.47 Å². The van der Waals surface area contributed by atoms with Crippen molar-refractivity contribution in [3.63, 3.8) is 0 Å². The lowest BCUT2D eigenvalue weighted by atomic mass is 9.94. The van der Waals surface area contributed by atoms with Crippen molar-refractivity contribution in [2.24, 2.45) is 0 Å². The molecule has 1 saturated heterocycles. The van der Waals surface area contributed by atoms with Gasteiger partial charge in [0.05, 0.1) is 11.6 Å². The molecule has 0 spiro atoms. The molecule has 2 aromatic carbocycles. The van der Waals surface area contributed by atoms with Crippen LogP contribution in [-0.2, 0) is 20.7 Å². The molecule has 1 aliphatic heterocycles. The van der Waals surface area contributed by atoms with E-state index in [1.54, 1.807) is 37.5 Å².